The topological polar surface area (TPSA) is 64.4 Å². The summed E-state index contributed by atoms with van der Waals surface area (Å²) < 4.78 is 11.0. The van der Waals surface area contributed by atoms with Crippen LogP contribution in [0.3, 0.4) is 0 Å². The highest BCUT2D eigenvalue weighted by molar-refractivity contribution is 5.88. The zero-order chi connectivity index (χ0) is 17.6. The largest absolute Gasteiger partial charge is 0.494 e. The van der Waals surface area contributed by atoms with Gasteiger partial charge in [0.25, 0.3) is 0 Å². The highest BCUT2D eigenvalue weighted by Crippen LogP contribution is 2.28. The Labute approximate surface area is 146 Å². The van der Waals surface area contributed by atoms with Gasteiger partial charge in [-0.15, -0.1) is 0 Å². The first-order chi connectivity index (χ1) is 12.2. The van der Waals surface area contributed by atoms with E-state index in [0.717, 1.165) is 34.7 Å². The van der Waals surface area contributed by atoms with Gasteiger partial charge in [-0.05, 0) is 42.8 Å². The number of ether oxygens (including phenoxy) is 1. The Hall–Kier alpha value is -3.08. The summed E-state index contributed by atoms with van der Waals surface area (Å²) in [6.45, 7) is 4.27. The lowest BCUT2D eigenvalue weighted by molar-refractivity contribution is -0.114. The average Bonchev–Trinajstić information content (AvgIpc) is 3.10. The van der Waals surface area contributed by atoms with Gasteiger partial charge in [0.1, 0.15) is 11.4 Å². The fourth-order valence-corrected chi connectivity index (χ4v) is 2.41. The Morgan fingerprint density at radius 2 is 1.76 bits per heavy atom. The third-order valence-electron chi connectivity index (χ3n) is 3.62. The van der Waals surface area contributed by atoms with E-state index in [0.29, 0.717) is 12.4 Å². The Kier molecular flexibility index (Phi) is 5.14. The molecule has 0 atom stereocenters. The van der Waals surface area contributed by atoms with E-state index in [1.54, 1.807) is 0 Å². The van der Waals surface area contributed by atoms with Crippen molar-refractivity contribution in [1.82, 2.24) is 5.16 Å². The number of amides is 1. The molecule has 5 heteroatoms. The van der Waals surface area contributed by atoms with Gasteiger partial charge in [0, 0.05) is 29.8 Å². The van der Waals surface area contributed by atoms with E-state index in [2.05, 4.69) is 17.4 Å². The van der Waals surface area contributed by atoms with Crippen LogP contribution in [-0.4, -0.2) is 17.7 Å². The van der Waals surface area contributed by atoms with Gasteiger partial charge in [0.05, 0.1) is 6.61 Å². The molecule has 1 heterocycles. The summed E-state index contributed by atoms with van der Waals surface area (Å²) in [6.07, 6.45) is 0.980. The number of nitrogens with zero attached hydrogens (tertiary/aromatic N) is 1. The number of nitrogens with one attached hydrogen (secondary N) is 1. The number of rotatable bonds is 6. The van der Waals surface area contributed by atoms with Crippen molar-refractivity contribution in [2.45, 2.75) is 20.3 Å². The van der Waals surface area contributed by atoms with Gasteiger partial charge < -0.3 is 14.6 Å². The number of aromatic nitrogens is 1. The molecule has 1 aromatic heterocycles. The Balaban J connectivity index is 1.74. The second kappa shape index (κ2) is 7.66. The summed E-state index contributed by atoms with van der Waals surface area (Å²) >= 11 is 0. The minimum Gasteiger partial charge on any atom is -0.494 e. The van der Waals surface area contributed by atoms with Crippen LogP contribution in [0.4, 0.5) is 5.69 Å². The molecule has 3 rings (SSSR count). The van der Waals surface area contributed by atoms with Gasteiger partial charge in [-0.1, -0.05) is 24.2 Å². The Bertz CT molecular complexity index is 836. The lowest BCUT2D eigenvalue weighted by Crippen LogP contribution is -2.05. The molecule has 0 saturated heterocycles. The number of anilines is 1. The van der Waals surface area contributed by atoms with Crippen molar-refractivity contribution in [1.29, 1.82) is 0 Å². The number of benzene rings is 2. The van der Waals surface area contributed by atoms with Gasteiger partial charge in [0.15, 0.2) is 5.76 Å². The predicted octanol–water partition coefficient (Wildman–Crippen LogP) is 4.76. The van der Waals surface area contributed by atoms with Crippen LogP contribution in [-0.2, 0) is 4.79 Å². The highest BCUT2D eigenvalue weighted by atomic mass is 16.5. The summed E-state index contributed by atoms with van der Waals surface area (Å²) in [5.41, 5.74) is 3.36. The van der Waals surface area contributed by atoms with E-state index < -0.39 is 0 Å². The van der Waals surface area contributed by atoms with Crippen LogP contribution in [0.2, 0.25) is 0 Å². The van der Waals surface area contributed by atoms with Crippen LogP contribution < -0.4 is 10.1 Å². The summed E-state index contributed by atoms with van der Waals surface area (Å²) in [6, 6.07) is 17.1. The van der Waals surface area contributed by atoms with Crippen molar-refractivity contribution in [3.05, 3.63) is 54.6 Å². The van der Waals surface area contributed by atoms with Crippen molar-refractivity contribution in [2.24, 2.45) is 0 Å². The fourth-order valence-electron chi connectivity index (χ4n) is 2.41. The van der Waals surface area contributed by atoms with E-state index in [4.69, 9.17) is 9.26 Å². The zero-order valence-corrected chi connectivity index (χ0v) is 14.3. The average molecular weight is 336 g/mol. The maximum Gasteiger partial charge on any atom is 0.221 e. The molecule has 0 spiro atoms. The SMILES string of the molecule is CCCOc1ccc(-c2cc(-c3ccc(NC(C)=O)cc3)no2)cc1. The molecule has 1 N–H and O–H groups in total. The molecule has 128 valence electrons. The van der Waals surface area contributed by atoms with Crippen LogP contribution in [0, 0.1) is 0 Å². The minimum atomic E-state index is -0.0946. The molecule has 0 unspecified atom stereocenters. The molecule has 0 aliphatic heterocycles. The van der Waals surface area contributed by atoms with Gasteiger partial charge in [-0.3, -0.25) is 4.79 Å². The predicted molar refractivity (Wildman–Crippen MR) is 97.5 cm³/mol. The van der Waals surface area contributed by atoms with E-state index in [1.807, 2.05) is 54.6 Å². The molecule has 0 fully saturated rings. The first kappa shape index (κ1) is 16.8. The number of carbonyl (C=O) groups excluding carboxylic acids is 1. The van der Waals surface area contributed by atoms with Crippen molar-refractivity contribution in [2.75, 3.05) is 11.9 Å². The van der Waals surface area contributed by atoms with E-state index in [9.17, 15) is 4.79 Å². The molecule has 0 aliphatic rings. The maximum atomic E-state index is 11.1. The van der Waals surface area contributed by atoms with Crippen molar-refractivity contribution >= 4 is 11.6 Å². The molecule has 1 amide bonds. The van der Waals surface area contributed by atoms with Crippen LogP contribution >= 0.6 is 0 Å². The quantitative estimate of drug-likeness (QED) is 0.705. The van der Waals surface area contributed by atoms with Crippen molar-refractivity contribution < 1.29 is 14.1 Å². The van der Waals surface area contributed by atoms with Crippen LogP contribution in [0.1, 0.15) is 20.3 Å². The van der Waals surface area contributed by atoms with Crippen LogP contribution in [0.5, 0.6) is 5.75 Å². The molecule has 0 radical (unpaired) electrons. The van der Waals surface area contributed by atoms with E-state index in [1.165, 1.54) is 6.92 Å². The number of carbonyl (C=O) groups is 1. The molecule has 0 aliphatic carbocycles. The van der Waals surface area contributed by atoms with Gasteiger partial charge in [0.2, 0.25) is 5.91 Å². The lowest BCUT2D eigenvalue weighted by atomic mass is 10.1. The normalized spacial score (nSPS) is 10.5. The van der Waals surface area contributed by atoms with Crippen molar-refractivity contribution in [3.63, 3.8) is 0 Å². The van der Waals surface area contributed by atoms with E-state index in [-0.39, 0.29) is 5.91 Å². The Morgan fingerprint density at radius 1 is 1.08 bits per heavy atom. The lowest BCUT2D eigenvalue weighted by Gasteiger charge is -2.04. The Morgan fingerprint density at radius 3 is 2.40 bits per heavy atom. The standard InChI is InChI=1S/C20H20N2O3/c1-3-12-24-18-10-6-16(7-11-18)20-13-19(22-25-20)15-4-8-17(9-5-15)21-14(2)23/h4-11,13H,3,12H2,1-2H3,(H,21,23). The highest BCUT2D eigenvalue weighted by Gasteiger charge is 2.09. The second-order valence-electron chi connectivity index (χ2n) is 5.71. The molecule has 5 nitrogen and oxygen atoms in total. The zero-order valence-electron chi connectivity index (χ0n) is 14.3. The molecule has 25 heavy (non-hydrogen) atoms. The molecule has 2 aromatic carbocycles. The smallest absolute Gasteiger partial charge is 0.221 e. The maximum absolute atomic E-state index is 11.1. The summed E-state index contributed by atoms with van der Waals surface area (Å²) in [4.78, 5) is 11.1. The van der Waals surface area contributed by atoms with E-state index >= 15 is 0 Å². The summed E-state index contributed by atoms with van der Waals surface area (Å²) in [5, 5.41) is 6.87. The summed E-state index contributed by atoms with van der Waals surface area (Å²) in [7, 11) is 0. The fraction of sp³-hybridized carbons (Fsp3) is 0.200. The van der Waals surface area contributed by atoms with Gasteiger partial charge in [-0.25, -0.2) is 0 Å². The minimum absolute atomic E-state index is 0.0946. The van der Waals surface area contributed by atoms with Gasteiger partial charge in [-0.2, -0.15) is 0 Å². The number of hydrogen-bond acceptors (Lipinski definition) is 4. The second-order valence-corrected chi connectivity index (χ2v) is 5.71. The molecular weight excluding hydrogens is 316 g/mol. The molecule has 0 saturated carbocycles. The first-order valence-corrected chi connectivity index (χ1v) is 8.23. The van der Waals surface area contributed by atoms with Crippen LogP contribution in [0.15, 0.2) is 59.1 Å². The summed E-state index contributed by atoms with van der Waals surface area (Å²) in [5.74, 6) is 1.45. The van der Waals surface area contributed by atoms with Crippen molar-refractivity contribution in [3.8, 4) is 28.3 Å². The monoisotopic (exact) mass is 336 g/mol. The molecule has 0 bridgehead atoms. The van der Waals surface area contributed by atoms with Gasteiger partial charge >= 0.3 is 0 Å². The van der Waals surface area contributed by atoms with Crippen LogP contribution in [0.25, 0.3) is 22.6 Å². The number of hydrogen-bond donors (Lipinski definition) is 1. The first-order valence-electron chi connectivity index (χ1n) is 8.23. The molecular formula is C20H20N2O3. The molecule has 3 aromatic rings. The third kappa shape index (κ3) is 4.26. The third-order valence-corrected chi connectivity index (χ3v) is 3.62.